The third kappa shape index (κ3) is 1.41. The van der Waals surface area contributed by atoms with E-state index in [0.29, 0.717) is 6.04 Å². The lowest BCUT2D eigenvalue weighted by Gasteiger charge is -2.11. The third-order valence-corrected chi connectivity index (χ3v) is 3.73. The second-order valence-corrected chi connectivity index (χ2v) is 4.73. The molecule has 0 radical (unpaired) electrons. The molecule has 2 nitrogen and oxygen atoms in total. The highest BCUT2D eigenvalue weighted by Gasteiger charge is 2.19. The van der Waals surface area contributed by atoms with Gasteiger partial charge in [-0.15, -0.1) is 0 Å². The summed E-state index contributed by atoms with van der Waals surface area (Å²) in [7, 11) is 0. The molecule has 2 aliphatic rings. The molecule has 1 aromatic carbocycles. The van der Waals surface area contributed by atoms with Gasteiger partial charge in [-0.3, -0.25) is 0 Å². The van der Waals surface area contributed by atoms with Gasteiger partial charge in [0.2, 0.25) is 0 Å². The minimum absolute atomic E-state index is 0.571. The molecule has 0 amide bonds. The molecule has 74 valence electrons. The van der Waals surface area contributed by atoms with Crippen LogP contribution in [0.25, 0.3) is 0 Å². The molecule has 2 aliphatic heterocycles. The van der Waals surface area contributed by atoms with Gasteiger partial charge < -0.3 is 10.1 Å². The number of rotatable bonds is 1. The zero-order valence-corrected chi connectivity index (χ0v) is 8.77. The summed E-state index contributed by atoms with van der Waals surface area (Å²) in [6.07, 6.45) is 2.57. The van der Waals surface area contributed by atoms with Crippen molar-refractivity contribution in [3.63, 3.8) is 0 Å². The Morgan fingerprint density at radius 1 is 1.43 bits per heavy atom. The van der Waals surface area contributed by atoms with Gasteiger partial charge in [0, 0.05) is 6.04 Å². The second-order valence-electron chi connectivity index (χ2n) is 3.76. The number of thioether (sulfide) groups is 1. The molecule has 1 N–H and O–H groups in total. The van der Waals surface area contributed by atoms with Gasteiger partial charge in [-0.1, -0.05) is 17.8 Å². The van der Waals surface area contributed by atoms with Gasteiger partial charge in [-0.05, 0) is 37.1 Å². The molecule has 1 aromatic rings. The van der Waals surface area contributed by atoms with E-state index in [2.05, 4.69) is 23.5 Å². The molecule has 2 heterocycles. The Morgan fingerprint density at radius 2 is 2.43 bits per heavy atom. The molecule has 3 rings (SSSR count). The monoisotopic (exact) mass is 207 g/mol. The molecule has 0 bridgehead atoms. The van der Waals surface area contributed by atoms with Gasteiger partial charge >= 0.3 is 0 Å². The van der Waals surface area contributed by atoms with Gasteiger partial charge in [0.15, 0.2) is 0 Å². The lowest BCUT2D eigenvalue weighted by atomic mass is 10.1. The summed E-state index contributed by atoms with van der Waals surface area (Å²) in [6.45, 7) is 1.16. The third-order valence-electron chi connectivity index (χ3n) is 2.86. The van der Waals surface area contributed by atoms with Crippen molar-refractivity contribution >= 4 is 11.8 Å². The van der Waals surface area contributed by atoms with Crippen LogP contribution in [0.3, 0.4) is 0 Å². The highest BCUT2D eigenvalue weighted by molar-refractivity contribution is 7.99. The average molecular weight is 207 g/mol. The van der Waals surface area contributed by atoms with Crippen LogP contribution in [-0.2, 0) is 0 Å². The van der Waals surface area contributed by atoms with E-state index in [4.69, 9.17) is 4.74 Å². The number of hydrogen-bond acceptors (Lipinski definition) is 3. The highest BCUT2D eigenvalue weighted by atomic mass is 32.2. The van der Waals surface area contributed by atoms with Crippen LogP contribution in [0.2, 0.25) is 0 Å². The quantitative estimate of drug-likeness (QED) is 0.764. The zero-order chi connectivity index (χ0) is 9.38. The van der Waals surface area contributed by atoms with Crippen molar-refractivity contribution in [2.24, 2.45) is 0 Å². The molecular weight excluding hydrogens is 194 g/mol. The van der Waals surface area contributed by atoms with Crippen LogP contribution in [0.4, 0.5) is 0 Å². The van der Waals surface area contributed by atoms with Crippen molar-refractivity contribution in [2.75, 3.05) is 12.5 Å². The van der Waals surface area contributed by atoms with E-state index >= 15 is 0 Å². The Morgan fingerprint density at radius 3 is 3.29 bits per heavy atom. The number of benzene rings is 1. The number of nitrogens with one attached hydrogen (secondary N) is 1. The van der Waals surface area contributed by atoms with E-state index in [0.717, 1.165) is 18.2 Å². The van der Waals surface area contributed by atoms with Crippen LogP contribution in [-0.4, -0.2) is 12.5 Å². The van der Waals surface area contributed by atoms with Gasteiger partial charge in [0.1, 0.15) is 11.7 Å². The fourth-order valence-corrected chi connectivity index (χ4v) is 2.90. The van der Waals surface area contributed by atoms with Gasteiger partial charge in [0.05, 0.1) is 4.90 Å². The Balaban J connectivity index is 1.91. The smallest absolute Gasteiger partial charge is 0.138 e. The summed E-state index contributed by atoms with van der Waals surface area (Å²) in [6, 6.07) is 7.13. The largest absolute Gasteiger partial charge is 0.481 e. The molecule has 0 aromatic heterocycles. The predicted octanol–water partition coefficient (Wildman–Crippen LogP) is 2.55. The SMILES string of the molecule is c1cc2c(cc1C1CCCN1)SCO2. The minimum Gasteiger partial charge on any atom is -0.481 e. The van der Waals surface area contributed by atoms with Gasteiger partial charge in [-0.2, -0.15) is 0 Å². The summed E-state index contributed by atoms with van der Waals surface area (Å²) < 4.78 is 5.46. The van der Waals surface area contributed by atoms with Crippen molar-refractivity contribution in [1.82, 2.24) is 5.32 Å². The van der Waals surface area contributed by atoms with E-state index in [1.807, 2.05) is 0 Å². The van der Waals surface area contributed by atoms with Crippen LogP contribution in [0.5, 0.6) is 5.75 Å². The maximum absolute atomic E-state index is 5.46. The Hall–Kier alpha value is -0.670. The van der Waals surface area contributed by atoms with Crippen LogP contribution in [0.15, 0.2) is 23.1 Å². The highest BCUT2D eigenvalue weighted by Crippen LogP contribution is 2.38. The molecule has 0 aliphatic carbocycles. The van der Waals surface area contributed by atoms with E-state index in [9.17, 15) is 0 Å². The van der Waals surface area contributed by atoms with Crippen LogP contribution >= 0.6 is 11.8 Å². The predicted molar refractivity (Wildman–Crippen MR) is 57.8 cm³/mol. The lowest BCUT2D eigenvalue weighted by Crippen LogP contribution is -2.12. The molecule has 0 saturated carbocycles. The summed E-state index contributed by atoms with van der Waals surface area (Å²) in [5.74, 6) is 1.83. The number of fused-ring (bicyclic) bond motifs is 1. The van der Waals surface area contributed by atoms with Crippen LogP contribution in [0, 0.1) is 0 Å². The van der Waals surface area contributed by atoms with E-state index in [1.54, 1.807) is 11.8 Å². The molecule has 1 atom stereocenters. The van der Waals surface area contributed by atoms with E-state index in [1.165, 1.54) is 23.3 Å². The minimum atomic E-state index is 0.571. The molecule has 1 saturated heterocycles. The maximum atomic E-state index is 5.46. The second kappa shape index (κ2) is 3.48. The Bertz CT molecular complexity index is 347. The van der Waals surface area contributed by atoms with Crippen molar-refractivity contribution < 1.29 is 4.74 Å². The van der Waals surface area contributed by atoms with E-state index in [-0.39, 0.29) is 0 Å². The Kier molecular flexibility index (Phi) is 2.14. The van der Waals surface area contributed by atoms with E-state index < -0.39 is 0 Å². The lowest BCUT2D eigenvalue weighted by molar-refractivity contribution is 0.397. The van der Waals surface area contributed by atoms with Gasteiger partial charge in [-0.25, -0.2) is 0 Å². The molecule has 1 unspecified atom stereocenters. The first-order valence-electron chi connectivity index (χ1n) is 5.06. The summed E-state index contributed by atoms with van der Waals surface area (Å²) in [5.41, 5.74) is 1.42. The summed E-state index contributed by atoms with van der Waals surface area (Å²) in [4.78, 5) is 1.30. The summed E-state index contributed by atoms with van der Waals surface area (Å²) in [5, 5.41) is 3.51. The van der Waals surface area contributed by atoms with Crippen molar-refractivity contribution in [1.29, 1.82) is 0 Å². The molecule has 3 heteroatoms. The fourth-order valence-electron chi connectivity index (χ4n) is 2.10. The maximum Gasteiger partial charge on any atom is 0.138 e. The van der Waals surface area contributed by atoms with Crippen molar-refractivity contribution in [2.45, 2.75) is 23.8 Å². The zero-order valence-electron chi connectivity index (χ0n) is 7.95. The normalized spacial score (nSPS) is 24.7. The molecule has 14 heavy (non-hydrogen) atoms. The Labute approximate surface area is 88.0 Å². The van der Waals surface area contributed by atoms with Gasteiger partial charge in [0.25, 0.3) is 0 Å². The van der Waals surface area contributed by atoms with Crippen LogP contribution in [0.1, 0.15) is 24.4 Å². The topological polar surface area (TPSA) is 21.3 Å². The fraction of sp³-hybridized carbons (Fsp3) is 0.455. The van der Waals surface area contributed by atoms with Crippen molar-refractivity contribution in [3.8, 4) is 5.75 Å². The first-order valence-corrected chi connectivity index (χ1v) is 6.05. The summed E-state index contributed by atoms with van der Waals surface area (Å²) >= 11 is 1.79. The molecule has 0 spiro atoms. The number of hydrogen-bond donors (Lipinski definition) is 1. The molecular formula is C11H13NOS. The first-order chi connectivity index (χ1) is 6.93. The number of ether oxygens (including phenoxy) is 1. The standard InChI is InChI=1S/C11H13NOS/c1-2-9(12-5-1)8-3-4-10-11(6-8)14-7-13-10/h3-4,6,9,12H,1-2,5,7H2. The average Bonchev–Trinajstić information content (AvgIpc) is 2.88. The molecule has 1 fully saturated rings. The van der Waals surface area contributed by atoms with Crippen LogP contribution < -0.4 is 10.1 Å². The first kappa shape index (κ1) is 8.62. The van der Waals surface area contributed by atoms with Crippen molar-refractivity contribution in [3.05, 3.63) is 23.8 Å².